The van der Waals surface area contributed by atoms with E-state index in [1.807, 2.05) is 13.0 Å². The first-order valence-electron chi connectivity index (χ1n) is 8.98. The molecule has 1 aromatic rings. The molecule has 2 unspecified atom stereocenters. The van der Waals surface area contributed by atoms with E-state index >= 15 is 0 Å². The van der Waals surface area contributed by atoms with Gasteiger partial charge in [0.1, 0.15) is 5.82 Å². The van der Waals surface area contributed by atoms with Crippen molar-refractivity contribution in [3.63, 3.8) is 0 Å². The van der Waals surface area contributed by atoms with E-state index < -0.39 is 0 Å². The van der Waals surface area contributed by atoms with Crippen LogP contribution in [0.1, 0.15) is 45.1 Å². The lowest BCUT2D eigenvalue weighted by molar-refractivity contribution is 0.00716. The first-order chi connectivity index (χ1) is 11.5. The Hall–Kier alpha value is -0.890. The van der Waals surface area contributed by atoms with Crippen molar-refractivity contribution >= 4 is 29.9 Å². The normalized spacial score (nSPS) is 23.7. The molecule has 1 aromatic carbocycles. The molecular weight excluding hydrogens is 432 g/mol. The number of guanidine groups is 1. The maximum atomic E-state index is 13.2. The molecule has 142 valence electrons. The van der Waals surface area contributed by atoms with E-state index in [4.69, 9.17) is 0 Å². The summed E-state index contributed by atoms with van der Waals surface area (Å²) in [4.78, 5) is 4.67. The minimum absolute atomic E-state index is 0. The molecule has 1 aliphatic carbocycles. The van der Waals surface area contributed by atoms with Gasteiger partial charge in [0, 0.05) is 18.5 Å². The van der Waals surface area contributed by atoms with Gasteiger partial charge >= 0.3 is 0 Å². The summed E-state index contributed by atoms with van der Waals surface area (Å²) in [6.07, 6.45) is 4.61. The zero-order valence-corrected chi connectivity index (χ0v) is 17.6. The van der Waals surface area contributed by atoms with Crippen molar-refractivity contribution in [3.05, 3.63) is 35.6 Å². The number of nitrogens with one attached hydrogen (secondary N) is 2. The number of aliphatic hydroxyl groups is 1. The number of aliphatic imine (C=N–C) groups is 1. The quantitative estimate of drug-likeness (QED) is 0.344. The third kappa shape index (κ3) is 7.09. The van der Waals surface area contributed by atoms with Crippen LogP contribution in [-0.2, 0) is 6.42 Å². The summed E-state index contributed by atoms with van der Waals surface area (Å²) < 4.78 is 13.2. The molecule has 1 fully saturated rings. The first-order valence-corrected chi connectivity index (χ1v) is 8.98. The average molecular weight is 463 g/mol. The Kier molecular flexibility index (Phi) is 9.71. The molecule has 0 radical (unpaired) electrons. The van der Waals surface area contributed by atoms with Crippen LogP contribution in [0.5, 0.6) is 0 Å². The Labute approximate surface area is 167 Å². The van der Waals surface area contributed by atoms with Crippen molar-refractivity contribution in [3.8, 4) is 0 Å². The van der Waals surface area contributed by atoms with Gasteiger partial charge in [-0.2, -0.15) is 0 Å². The largest absolute Gasteiger partial charge is 0.392 e. The van der Waals surface area contributed by atoms with Crippen molar-refractivity contribution in [1.29, 1.82) is 0 Å². The standard InChI is InChI=1S/C19H30FN3O.HI/c1-3-21-18(22-12-10-15-7-6-8-16(20)13-15)23-14-19(2)11-5-4-9-17(19)24;/h6-8,13,17,24H,3-5,9-12,14H2,1-2H3,(H2,21,22,23);1H. The summed E-state index contributed by atoms with van der Waals surface area (Å²) in [5.41, 5.74) is 0.830. The van der Waals surface area contributed by atoms with Crippen LogP contribution in [0.2, 0.25) is 0 Å². The lowest BCUT2D eigenvalue weighted by atomic mass is 9.73. The van der Waals surface area contributed by atoms with Crippen LogP contribution in [0.25, 0.3) is 0 Å². The molecular formula is C19H31FIN3O. The van der Waals surface area contributed by atoms with Crippen LogP contribution in [0, 0.1) is 11.2 Å². The molecule has 1 aliphatic rings. The second-order valence-electron chi connectivity index (χ2n) is 6.92. The van der Waals surface area contributed by atoms with Crippen molar-refractivity contribution in [2.45, 2.75) is 52.1 Å². The van der Waals surface area contributed by atoms with E-state index in [0.29, 0.717) is 13.1 Å². The molecule has 2 rings (SSSR count). The van der Waals surface area contributed by atoms with E-state index in [2.05, 4.69) is 22.5 Å². The van der Waals surface area contributed by atoms with Crippen LogP contribution in [0.15, 0.2) is 29.3 Å². The van der Waals surface area contributed by atoms with Crippen molar-refractivity contribution in [2.75, 3.05) is 19.6 Å². The molecule has 0 bridgehead atoms. The number of nitrogens with zero attached hydrogens (tertiary/aromatic N) is 1. The Bertz CT molecular complexity index is 555. The number of hydrogen-bond acceptors (Lipinski definition) is 2. The molecule has 0 heterocycles. The molecule has 0 amide bonds. The van der Waals surface area contributed by atoms with Crippen molar-refractivity contribution in [1.82, 2.24) is 10.6 Å². The smallest absolute Gasteiger partial charge is 0.191 e. The molecule has 0 aliphatic heterocycles. The maximum absolute atomic E-state index is 13.2. The van der Waals surface area contributed by atoms with E-state index in [0.717, 1.165) is 50.2 Å². The molecule has 3 N–H and O–H groups in total. The van der Waals surface area contributed by atoms with Gasteiger partial charge in [-0.15, -0.1) is 24.0 Å². The van der Waals surface area contributed by atoms with Crippen LogP contribution < -0.4 is 10.6 Å². The van der Waals surface area contributed by atoms with E-state index in [1.54, 1.807) is 12.1 Å². The Morgan fingerprint density at radius 1 is 1.36 bits per heavy atom. The van der Waals surface area contributed by atoms with Gasteiger partial charge in [-0.1, -0.05) is 31.9 Å². The van der Waals surface area contributed by atoms with Crippen LogP contribution in [-0.4, -0.2) is 36.8 Å². The fourth-order valence-corrected chi connectivity index (χ4v) is 3.19. The van der Waals surface area contributed by atoms with Gasteiger partial charge in [0.05, 0.1) is 12.6 Å². The fourth-order valence-electron chi connectivity index (χ4n) is 3.19. The molecule has 2 atom stereocenters. The molecule has 0 saturated heterocycles. The van der Waals surface area contributed by atoms with Gasteiger partial charge in [0.15, 0.2) is 5.96 Å². The third-order valence-electron chi connectivity index (χ3n) is 4.82. The zero-order chi connectivity index (χ0) is 17.4. The summed E-state index contributed by atoms with van der Waals surface area (Å²) in [7, 11) is 0. The van der Waals surface area contributed by atoms with E-state index in [-0.39, 0.29) is 41.3 Å². The van der Waals surface area contributed by atoms with Crippen molar-refractivity contribution in [2.24, 2.45) is 10.4 Å². The lowest BCUT2D eigenvalue weighted by Crippen LogP contribution is -2.42. The second-order valence-corrected chi connectivity index (χ2v) is 6.92. The number of hydrogen-bond donors (Lipinski definition) is 3. The predicted molar refractivity (Wildman–Crippen MR) is 112 cm³/mol. The minimum atomic E-state index is -0.273. The van der Waals surface area contributed by atoms with E-state index in [9.17, 15) is 9.50 Å². The monoisotopic (exact) mass is 463 g/mol. The fraction of sp³-hybridized carbons (Fsp3) is 0.632. The summed E-state index contributed by atoms with van der Waals surface area (Å²) in [5.74, 6) is 0.556. The Balaban J connectivity index is 0.00000312. The van der Waals surface area contributed by atoms with Gasteiger partial charge < -0.3 is 15.7 Å². The highest BCUT2D eigenvalue weighted by molar-refractivity contribution is 14.0. The number of rotatable bonds is 6. The molecule has 25 heavy (non-hydrogen) atoms. The summed E-state index contributed by atoms with van der Waals surface area (Å²) in [6, 6.07) is 6.67. The zero-order valence-electron chi connectivity index (χ0n) is 15.2. The summed E-state index contributed by atoms with van der Waals surface area (Å²) >= 11 is 0. The average Bonchev–Trinajstić information content (AvgIpc) is 2.56. The highest BCUT2D eigenvalue weighted by Crippen LogP contribution is 2.36. The summed E-state index contributed by atoms with van der Waals surface area (Å²) in [6.45, 7) is 6.24. The second kappa shape index (κ2) is 11.0. The van der Waals surface area contributed by atoms with E-state index in [1.165, 1.54) is 6.07 Å². The molecule has 1 saturated carbocycles. The topological polar surface area (TPSA) is 56.7 Å². The Morgan fingerprint density at radius 2 is 2.16 bits per heavy atom. The first kappa shape index (κ1) is 22.2. The van der Waals surface area contributed by atoms with Gasteiger partial charge in [-0.05, 0) is 43.9 Å². The highest BCUT2D eigenvalue weighted by Gasteiger charge is 2.35. The summed E-state index contributed by atoms with van der Waals surface area (Å²) in [5, 5.41) is 16.8. The maximum Gasteiger partial charge on any atom is 0.191 e. The van der Waals surface area contributed by atoms with Crippen LogP contribution >= 0.6 is 24.0 Å². The Morgan fingerprint density at radius 3 is 2.84 bits per heavy atom. The molecule has 0 aromatic heterocycles. The van der Waals surface area contributed by atoms with Crippen LogP contribution in [0.4, 0.5) is 4.39 Å². The molecule has 6 heteroatoms. The molecule has 0 spiro atoms. The van der Waals surface area contributed by atoms with Crippen molar-refractivity contribution < 1.29 is 9.50 Å². The molecule has 4 nitrogen and oxygen atoms in total. The van der Waals surface area contributed by atoms with Gasteiger partial charge in [0.25, 0.3) is 0 Å². The number of benzene rings is 1. The highest BCUT2D eigenvalue weighted by atomic mass is 127. The minimum Gasteiger partial charge on any atom is -0.392 e. The van der Waals surface area contributed by atoms with Gasteiger partial charge in [-0.3, -0.25) is 4.99 Å². The number of aliphatic hydroxyl groups excluding tert-OH is 1. The van der Waals surface area contributed by atoms with Crippen LogP contribution in [0.3, 0.4) is 0 Å². The lowest BCUT2D eigenvalue weighted by Gasteiger charge is -2.37. The number of halogens is 2. The van der Waals surface area contributed by atoms with Gasteiger partial charge in [-0.25, -0.2) is 4.39 Å². The van der Waals surface area contributed by atoms with Gasteiger partial charge in [0.2, 0.25) is 0 Å². The third-order valence-corrected chi connectivity index (χ3v) is 4.82. The SMILES string of the molecule is CCNC(=NCC1(C)CCCCC1O)NCCc1cccc(F)c1.I. The predicted octanol–water partition coefficient (Wildman–Crippen LogP) is 3.48.